The highest BCUT2D eigenvalue weighted by Gasteiger charge is 2.35. The maximum Gasteiger partial charge on any atom is 0.368 e. The molecule has 1 aromatic heterocycles. The molecule has 8 nitrogen and oxygen atoms in total. The molecule has 2 heterocycles. The van der Waals surface area contributed by atoms with E-state index < -0.39 is 12.2 Å². The standard InChI is InChI=1S/C25H20O8/c1-31-23-9-12(2-6-17(23)27)21-7-4-14-22(32-21)11-18(28)15-10-20(30)24(33-25(14)15)13-3-5-16(26)19(29)8-13/h2-9,11,20,24,30H,10H2,1H3,(H3-,26,27,28,29)/p+1/t20-,24+/m0/s1. The molecule has 0 unspecified atom stereocenters. The summed E-state index contributed by atoms with van der Waals surface area (Å²) in [7, 11) is 1.46. The second-order valence-electron chi connectivity index (χ2n) is 7.86. The van der Waals surface area contributed by atoms with Crippen LogP contribution in [-0.4, -0.2) is 38.7 Å². The lowest BCUT2D eigenvalue weighted by Gasteiger charge is -2.31. The smallest absolute Gasteiger partial charge is 0.368 e. The number of aromatic hydroxyl groups is 4. The van der Waals surface area contributed by atoms with Crippen LogP contribution in [0.4, 0.5) is 0 Å². The molecule has 5 rings (SSSR count). The molecule has 0 aliphatic carbocycles. The van der Waals surface area contributed by atoms with Crippen LogP contribution in [0.5, 0.6) is 34.5 Å². The SMILES string of the molecule is COc1cc(-c2ccc3c4c(c(O)cc3[o+]2)C[C@H](O)[C@@H](c2ccc(O)c(O)c2)O4)ccc1O. The fourth-order valence-corrected chi connectivity index (χ4v) is 4.08. The summed E-state index contributed by atoms with van der Waals surface area (Å²) in [5.74, 6) is 0.485. The van der Waals surface area contributed by atoms with E-state index in [2.05, 4.69) is 0 Å². The zero-order chi connectivity index (χ0) is 23.3. The molecule has 1 aliphatic heterocycles. The Morgan fingerprint density at radius 3 is 2.42 bits per heavy atom. The topological polar surface area (TPSA) is 131 Å². The van der Waals surface area contributed by atoms with Gasteiger partial charge in [0.05, 0.1) is 24.8 Å². The monoisotopic (exact) mass is 449 g/mol. The van der Waals surface area contributed by atoms with Crippen molar-refractivity contribution in [3.05, 3.63) is 65.7 Å². The van der Waals surface area contributed by atoms with Crippen LogP contribution < -0.4 is 9.47 Å². The van der Waals surface area contributed by atoms with Gasteiger partial charge in [-0.2, -0.15) is 0 Å². The van der Waals surface area contributed by atoms with Crippen molar-refractivity contribution in [3.8, 4) is 45.8 Å². The summed E-state index contributed by atoms with van der Waals surface area (Å²) in [6.07, 6.45) is -1.68. The van der Waals surface area contributed by atoms with E-state index in [9.17, 15) is 25.5 Å². The summed E-state index contributed by atoms with van der Waals surface area (Å²) in [5.41, 5.74) is 1.95. The van der Waals surface area contributed by atoms with Crippen molar-refractivity contribution in [3.63, 3.8) is 0 Å². The number of aliphatic hydroxyl groups is 1. The van der Waals surface area contributed by atoms with Crippen molar-refractivity contribution in [1.82, 2.24) is 0 Å². The molecule has 0 spiro atoms. The maximum absolute atomic E-state index is 10.7. The highest BCUT2D eigenvalue weighted by molar-refractivity contribution is 5.89. The minimum absolute atomic E-state index is 0.00650. The van der Waals surface area contributed by atoms with Crippen molar-refractivity contribution < 1.29 is 39.4 Å². The Morgan fingerprint density at radius 1 is 0.879 bits per heavy atom. The Kier molecular flexibility index (Phi) is 4.87. The summed E-state index contributed by atoms with van der Waals surface area (Å²) in [6, 6.07) is 14.0. The molecular weight excluding hydrogens is 428 g/mol. The summed E-state index contributed by atoms with van der Waals surface area (Å²) >= 11 is 0. The van der Waals surface area contributed by atoms with E-state index in [1.54, 1.807) is 30.3 Å². The number of hydrogen-bond donors (Lipinski definition) is 5. The number of hydrogen-bond acceptors (Lipinski definition) is 7. The zero-order valence-electron chi connectivity index (χ0n) is 17.5. The number of phenolic OH excluding ortho intramolecular Hbond substituents is 4. The van der Waals surface area contributed by atoms with Gasteiger partial charge in [-0.15, -0.1) is 0 Å². The van der Waals surface area contributed by atoms with Gasteiger partial charge in [-0.3, -0.25) is 0 Å². The van der Waals surface area contributed by atoms with Gasteiger partial charge in [0.25, 0.3) is 0 Å². The van der Waals surface area contributed by atoms with Gasteiger partial charge in [0.2, 0.25) is 0 Å². The first-order valence-electron chi connectivity index (χ1n) is 10.2. The Bertz CT molecular complexity index is 1380. The van der Waals surface area contributed by atoms with E-state index in [1.165, 1.54) is 31.4 Å². The highest BCUT2D eigenvalue weighted by Crippen LogP contribution is 2.46. The molecule has 4 aromatic rings. The first kappa shape index (κ1) is 20.7. The third kappa shape index (κ3) is 3.50. The number of aliphatic hydroxyl groups excluding tert-OH is 1. The Balaban J connectivity index is 1.59. The summed E-state index contributed by atoms with van der Waals surface area (Å²) in [4.78, 5) is 0. The molecule has 0 bridgehead atoms. The fourth-order valence-electron chi connectivity index (χ4n) is 4.08. The largest absolute Gasteiger partial charge is 0.507 e. The molecule has 1 aliphatic rings. The average molecular weight is 449 g/mol. The summed E-state index contributed by atoms with van der Waals surface area (Å²) in [6.45, 7) is 0. The molecule has 5 N–H and O–H groups in total. The van der Waals surface area contributed by atoms with Gasteiger partial charge in [0.1, 0.15) is 16.9 Å². The minimum atomic E-state index is -0.981. The molecule has 8 heteroatoms. The Morgan fingerprint density at radius 2 is 1.67 bits per heavy atom. The predicted octanol–water partition coefficient (Wildman–Crippen LogP) is 4.25. The van der Waals surface area contributed by atoms with E-state index in [4.69, 9.17) is 13.9 Å². The Labute approximate surface area is 188 Å². The van der Waals surface area contributed by atoms with E-state index in [1.807, 2.05) is 0 Å². The molecule has 2 atom stereocenters. The minimum Gasteiger partial charge on any atom is -0.507 e. The third-order valence-electron chi connectivity index (χ3n) is 5.78. The van der Waals surface area contributed by atoms with Crippen LogP contribution in [0.1, 0.15) is 17.2 Å². The molecule has 0 fully saturated rings. The first-order valence-corrected chi connectivity index (χ1v) is 10.2. The summed E-state index contributed by atoms with van der Waals surface area (Å²) in [5, 5.41) is 51.1. The van der Waals surface area contributed by atoms with Crippen LogP contribution >= 0.6 is 0 Å². The van der Waals surface area contributed by atoms with Crippen LogP contribution in [0.2, 0.25) is 0 Å². The van der Waals surface area contributed by atoms with Gasteiger partial charge < -0.3 is 35.0 Å². The van der Waals surface area contributed by atoms with Crippen molar-refractivity contribution in [1.29, 1.82) is 0 Å². The zero-order valence-corrected chi connectivity index (χ0v) is 17.5. The second kappa shape index (κ2) is 7.75. The molecule has 0 amide bonds. The van der Waals surface area contributed by atoms with Gasteiger partial charge in [-0.05, 0) is 35.9 Å². The van der Waals surface area contributed by atoms with Gasteiger partial charge in [-0.1, -0.05) is 6.07 Å². The van der Waals surface area contributed by atoms with Crippen molar-refractivity contribution in [2.45, 2.75) is 18.6 Å². The normalized spacial score (nSPS) is 17.4. The predicted molar refractivity (Wildman–Crippen MR) is 119 cm³/mol. The lowest BCUT2D eigenvalue weighted by atomic mass is 9.92. The van der Waals surface area contributed by atoms with Crippen LogP contribution in [-0.2, 0) is 6.42 Å². The van der Waals surface area contributed by atoms with Gasteiger partial charge in [-0.25, -0.2) is 4.42 Å². The van der Waals surface area contributed by atoms with Gasteiger partial charge >= 0.3 is 11.3 Å². The van der Waals surface area contributed by atoms with Crippen LogP contribution in [0.25, 0.3) is 22.3 Å². The molecule has 3 aromatic carbocycles. The number of rotatable bonds is 3. The number of methoxy groups -OCH3 is 1. The van der Waals surface area contributed by atoms with E-state index in [-0.39, 0.29) is 29.4 Å². The van der Waals surface area contributed by atoms with E-state index >= 15 is 0 Å². The van der Waals surface area contributed by atoms with Crippen molar-refractivity contribution >= 4 is 11.0 Å². The first-order chi connectivity index (χ1) is 15.9. The number of ether oxygens (including phenoxy) is 2. The van der Waals surface area contributed by atoms with Gasteiger partial charge in [0.15, 0.2) is 29.1 Å². The Hall–Kier alpha value is -4.17. The average Bonchev–Trinajstić information content (AvgIpc) is 2.81. The van der Waals surface area contributed by atoms with E-state index in [0.29, 0.717) is 44.9 Å². The fraction of sp³-hybridized carbons (Fsp3) is 0.160. The van der Waals surface area contributed by atoms with Crippen molar-refractivity contribution in [2.24, 2.45) is 0 Å². The molecule has 168 valence electrons. The van der Waals surface area contributed by atoms with Gasteiger partial charge in [0, 0.05) is 24.1 Å². The van der Waals surface area contributed by atoms with E-state index in [0.717, 1.165) is 0 Å². The van der Waals surface area contributed by atoms with Crippen LogP contribution in [0, 0.1) is 0 Å². The number of phenols is 4. The quantitative estimate of drug-likeness (QED) is 0.232. The molecule has 0 saturated heterocycles. The highest BCUT2D eigenvalue weighted by atomic mass is 16.5. The lowest BCUT2D eigenvalue weighted by molar-refractivity contribution is 0.0210. The summed E-state index contributed by atoms with van der Waals surface area (Å²) < 4.78 is 17.3. The number of fused-ring (bicyclic) bond motifs is 3. The molecule has 33 heavy (non-hydrogen) atoms. The lowest BCUT2D eigenvalue weighted by Crippen LogP contribution is -2.30. The van der Waals surface area contributed by atoms with Crippen LogP contribution in [0.15, 0.2) is 59.0 Å². The molecule has 0 saturated carbocycles. The van der Waals surface area contributed by atoms with Crippen LogP contribution in [0.3, 0.4) is 0 Å². The van der Waals surface area contributed by atoms with Crippen molar-refractivity contribution in [2.75, 3.05) is 7.11 Å². The second-order valence-corrected chi connectivity index (χ2v) is 7.86. The molecular formula is C25H21O8+. The number of benzene rings is 3. The maximum atomic E-state index is 10.7. The third-order valence-corrected chi connectivity index (χ3v) is 5.78. The molecule has 0 radical (unpaired) electrons.